The average molecular weight is 553 g/mol. The molecule has 1 amide bonds. The summed E-state index contributed by atoms with van der Waals surface area (Å²) in [5, 5.41) is 13.4. The van der Waals surface area contributed by atoms with Crippen molar-refractivity contribution < 1.29 is 4.79 Å². The average Bonchev–Trinajstić information content (AvgIpc) is 3.40. The van der Waals surface area contributed by atoms with E-state index in [-0.39, 0.29) is 18.9 Å². The van der Waals surface area contributed by atoms with Gasteiger partial charge in [-0.1, -0.05) is 35.6 Å². The molecule has 3 heterocycles. The number of rotatable bonds is 4. The molecule has 3 N–H and O–H groups in total. The lowest BCUT2D eigenvalue weighted by Crippen LogP contribution is -2.17. The molecule has 39 heavy (non-hydrogen) atoms. The van der Waals surface area contributed by atoms with Crippen molar-refractivity contribution in [3.8, 4) is 28.7 Å². The molecule has 4 aromatic rings. The highest BCUT2D eigenvalue weighted by Crippen LogP contribution is 2.39. The second-order valence-corrected chi connectivity index (χ2v) is 10.6. The molecule has 1 unspecified atom stereocenters. The Morgan fingerprint density at radius 1 is 1.08 bits per heavy atom. The summed E-state index contributed by atoms with van der Waals surface area (Å²) in [5.41, 5.74) is 10.7. The predicted octanol–water partition coefficient (Wildman–Crippen LogP) is 5.14. The van der Waals surface area contributed by atoms with Crippen molar-refractivity contribution in [3.05, 3.63) is 92.3 Å². The third-order valence-corrected chi connectivity index (χ3v) is 7.81. The molecule has 0 fully saturated rings. The van der Waals surface area contributed by atoms with Gasteiger partial charge in [-0.05, 0) is 74.6 Å². The number of amides is 1. The van der Waals surface area contributed by atoms with Crippen molar-refractivity contribution in [1.82, 2.24) is 14.8 Å². The number of nitrogens with one attached hydrogen (secondary N) is 1. The van der Waals surface area contributed by atoms with Gasteiger partial charge in [0.1, 0.15) is 16.9 Å². The highest BCUT2D eigenvalue weighted by atomic mass is 35.5. The number of carbonyl (C=O) groups excluding carboxylic acids is 1. The van der Waals surface area contributed by atoms with Crippen LogP contribution in [0.3, 0.4) is 0 Å². The lowest BCUT2D eigenvalue weighted by molar-refractivity contribution is -0.116. The van der Waals surface area contributed by atoms with E-state index in [4.69, 9.17) is 22.3 Å². The summed E-state index contributed by atoms with van der Waals surface area (Å²) in [5.74, 6) is 12.3. The van der Waals surface area contributed by atoms with E-state index >= 15 is 0 Å². The summed E-state index contributed by atoms with van der Waals surface area (Å²) >= 11 is 7.86. The normalized spacial score (nSPS) is 13.6. The Labute approximate surface area is 236 Å². The van der Waals surface area contributed by atoms with E-state index in [9.17, 15) is 4.79 Å². The van der Waals surface area contributed by atoms with Crippen LogP contribution >= 0.6 is 22.9 Å². The molecule has 1 aliphatic heterocycles. The van der Waals surface area contributed by atoms with Gasteiger partial charge in [-0.2, -0.15) is 0 Å². The Bertz CT molecular complexity index is 1710. The van der Waals surface area contributed by atoms with E-state index in [2.05, 4.69) is 53.0 Å². The van der Waals surface area contributed by atoms with Crippen molar-refractivity contribution in [2.24, 2.45) is 10.7 Å². The number of carbonyl (C=O) groups is 1. The zero-order valence-electron chi connectivity index (χ0n) is 21.7. The van der Waals surface area contributed by atoms with Gasteiger partial charge in [0.25, 0.3) is 0 Å². The minimum atomic E-state index is -0.539. The molecule has 5 rings (SSSR count). The molecule has 2 aromatic carbocycles. The van der Waals surface area contributed by atoms with E-state index in [1.807, 2.05) is 60.0 Å². The van der Waals surface area contributed by atoms with Crippen LogP contribution in [0.1, 0.15) is 51.2 Å². The fourth-order valence-electron chi connectivity index (χ4n) is 4.36. The molecule has 1 aliphatic rings. The minimum Gasteiger partial charge on any atom is -0.326 e. The summed E-state index contributed by atoms with van der Waals surface area (Å²) in [6.45, 7) is 6.39. The Kier molecular flexibility index (Phi) is 7.63. The number of aliphatic imine (C=N–C) groups is 1. The van der Waals surface area contributed by atoms with Gasteiger partial charge in [0, 0.05) is 32.3 Å². The number of fused-ring (bicyclic) bond motifs is 3. The minimum absolute atomic E-state index is 0.0957. The third kappa shape index (κ3) is 5.50. The van der Waals surface area contributed by atoms with Crippen LogP contribution in [0.15, 0.2) is 53.5 Å². The highest BCUT2D eigenvalue weighted by Gasteiger charge is 2.32. The SMILES string of the molecule is Cc1sc2c(c1C)C(c1ccc(Cl)cc1)=NC(CC(=O)Nc1ccc(C#CC#CCN)cc1)c1nnc(C)n1-2. The van der Waals surface area contributed by atoms with Crippen LogP contribution in [0.4, 0.5) is 5.69 Å². The van der Waals surface area contributed by atoms with E-state index in [0.717, 1.165) is 38.8 Å². The lowest BCUT2D eigenvalue weighted by atomic mass is 9.99. The van der Waals surface area contributed by atoms with E-state index in [1.54, 1.807) is 11.3 Å². The Balaban J connectivity index is 1.48. The van der Waals surface area contributed by atoms with Crippen molar-refractivity contribution in [1.29, 1.82) is 0 Å². The number of aryl methyl sites for hydroxylation is 2. The van der Waals surface area contributed by atoms with E-state index in [1.165, 1.54) is 4.88 Å². The van der Waals surface area contributed by atoms with Crippen LogP contribution < -0.4 is 11.1 Å². The molecule has 7 nitrogen and oxygen atoms in total. The van der Waals surface area contributed by atoms with Gasteiger partial charge in [-0.25, -0.2) is 0 Å². The van der Waals surface area contributed by atoms with Crippen molar-refractivity contribution in [2.75, 3.05) is 11.9 Å². The second-order valence-electron chi connectivity index (χ2n) is 8.99. The molecular formula is C30H25ClN6OS. The molecule has 0 spiro atoms. The summed E-state index contributed by atoms with van der Waals surface area (Å²) in [6.07, 6.45) is 0.0957. The molecule has 2 aromatic heterocycles. The van der Waals surface area contributed by atoms with Gasteiger partial charge in [-0.15, -0.1) is 21.5 Å². The summed E-state index contributed by atoms with van der Waals surface area (Å²) in [4.78, 5) is 19.6. The van der Waals surface area contributed by atoms with Gasteiger partial charge in [0.05, 0.1) is 18.7 Å². The number of aromatic nitrogens is 3. The number of hydrogen-bond donors (Lipinski definition) is 2. The second kappa shape index (κ2) is 11.3. The molecule has 9 heteroatoms. The summed E-state index contributed by atoms with van der Waals surface area (Å²) in [6, 6.07) is 14.4. The number of thiophene rings is 1. The zero-order valence-corrected chi connectivity index (χ0v) is 23.2. The smallest absolute Gasteiger partial charge is 0.227 e. The molecule has 1 atom stereocenters. The summed E-state index contributed by atoms with van der Waals surface area (Å²) in [7, 11) is 0. The Morgan fingerprint density at radius 2 is 1.82 bits per heavy atom. The predicted molar refractivity (Wildman–Crippen MR) is 157 cm³/mol. The third-order valence-electron chi connectivity index (χ3n) is 6.36. The van der Waals surface area contributed by atoms with Crippen LogP contribution in [0.5, 0.6) is 0 Å². The van der Waals surface area contributed by atoms with Gasteiger partial charge < -0.3 is 11.1 Å². The number of nitrogens with two attached hydrogens (primary N) is 1. The van der Waals surface area contributed by atoms with Crippen LogP contribution in [-0.4, -0.2) is 32.9 Å². The number of hydrogen-bond acceptors (Lipinski definition) is 6. The van der Waals surface area contributed by atoms with Crippen LogP contribution in [-0.2, 0) is 4.79 Å². The molecule has 0 saturated heterocycles. The van der Waals surface area contributed by atoms with E-state index < -0.39 is 6.04 Å². The first-order chi connectivity index (χ1) is 18.9. The van der Waals surface area contributed by atoms with Crippen molar-refractivity contribution in [2.45, 2.75) is 33.2 Å². The maximum absolute atomic E-state index is 13.2. The topological polar surface area (TPSA) is 98.2 Å². The van der Waals surface area contributed by atoms with Gasteiger partial charge in [0.2, 0.25) is 5.91 Å². The Morgan fingerprint density at radius 3 is 2.54 bits per heavy atom. The molecule has 194 valence electrons. The van der Waals surface area contributed by atoms with Crippen LogP contribution in [0, 0.1) is 44.5 Å². The molecule has 0 saturated carbocycles. The highest BCUT2D eigenvalue weighted by molar-refractivity contribution is 7.15. The first-order valence-electron chi connectivity index (χ1n) is 12.3. The fourth-order valence-corrected chi connectivity index (χ4v) is 5.70. The standard InChI is InChI=1S/C30H25ClN6OS/c1-18-19(2)39-30-27(18)28(22-10-12-23(31)13-11-22)34-25(29-36-35-20(3)37(29)30)17-26(38)33-24-14-8-21(9-15-24)7-5-4-6-16-32/h8-15,25H,16-17,32H2,1-3H3,(H,33,38). The van der Waals surface area contributed by atoms with Crippen molar-refractivity contribution >= 4 is 40.2 Å². The van der Waals surface area contributed by atoms with E-state index in [0.29, 0.717) is 16.5 Å². The number of anilines is 1. The maximum atomic E-state index is 13.2. The largest absolute Gasteiger partial charge is 0.326 e. The lowest BCUT2D eigenvalue weighted by Gasteiger charge is -2.13. The number of benzene rings is 2. The fraction of sp³-hybridized carbons (Fsp3) is 0.200. The zero-order chi connectivity index (χ0) is 27.5. The quantitative estimate of drug-likeness (QED) is 0.342. The van der Waals surface area contributed by atoms with Gasteiger partial charge in [-0.3, -0.25) is 14.4 Å². The summed E-state index contributed by atoms with van der Waals surface area (Å²) < 4.78 is 2.03. The maximum Gasteiger partial charge on any atom is 0.227 e. The molecule has 0 radical (unpaired) electrons. The van der Waals surface area contributed by atoms with Crippen LogP contribution in [0.2, 0.25) is 5.02 Å². The van der Waals surface area contributed by atoms with Gasteiger partial charge >= 0.3 is 0 Å². The number of halogens is 1. The Hall–Kier alpha value is -4.21. The first kappa shape index (κ1) is 26.4. The number of nitrogens with zero attached hydrogens (tertiary/aromatic N) is 4. The molecule has 0 aliphatic carbocycles. The van der Waals surface area contributed by atoms with Crippen LogP contribution in [0.25, 0.3) is 5.00 Å². The monoisotopic (exact) mass is 552 g/mol. The first-order valence-corrected chi connectivity index (χ1v) is 13.5. The van der Waals surface area contributed by atoms with Crippen molar-refractivity contribution in [3.63, 3.8) is 0 Å². The molecule has 0 bridgehead atoms. The van der Waals surface area contributed by atoms with Gasteiger partial charge in [0.15, 0.2) is 5.82 Å². The molecular weight excluding hydrogens is 528 g/mol.